The van der Waals surface area contributed by atoms with Crippen molar-refractivity contribution in [3.63, 3.8) is 0 Å². The van der Waals surface area contributed by atoms with Gasteiger partial charge in [0.05, 0.1) is 6.61 Å². The molecule has 2 N–H and O–H groups in total. The molecular weight excluding hydrogens is 212 g/mol. The summed E-state index contributed by atoms with van der Waals surface area (Å²) in [6, 6.07) is 0.730. The number of likely N-dealkylation sites (N-methyl/N-ethyl adjacent to an activating group) is 1. The highest BCUT2D eigenvalue weighted by Crippen LogP contribution is 2.23. The molecule has 0 saturated carbocycles. The second-order valence-electron chi connectivity index (χ2n) is 6.09. The van der Waals surface area contributed by atoms with Crippen LogP contribution in [0.5, 0.6) is 0 Å². The maximum atomic E-state index is 9.33. The number of hydrogen-bond donors (Lipinski definition) is 2. The van der Waals surface area contributed by atoms with E-state index in [4.69, 9.17) is 0 Å². The first-order chi connectivity index (χ1) is 8.00. The first kappa shape index (κ1) is 14.9. The van der Waals surface area contributed by atoms with Gasteiger partial charge in [-0.05, 0) is 65.6 Å². The van der Waals surface area contributed by atoms with Crippen LogP contribution < -0.4 is 5.32 Å². The van der Waals surface area contributed by atoms with Crippen molar-refractivity contribution < 1.29 is 5.11 Å². The first-order valence-corrected chi connectivity index (χ1v) is 7.04. The highest BCUT2D eigenvalue weighted by atomic mass is 16.3. The highest BCUT2D eigenvalue weighted by Gasteiger charge is 2.24. The number of aliphatic hydroxyl groups is 1. The molecule has 1 aliphatic rings. The fourth-order valence-corrected chi connectivity index (χ4v) is 2.74. The molecule has 0 aromatic rings. The lowest BCUT2D eigenvalue weighted by atomic mass is 9.92. The second kappa shape index (κ2) is 6.72. The number of rotatable bonds is 6. The Morgan fingerprint density at radius 3 is 2.65 bits per heavy atom. The number of hydrogen-bond acceptors (Lipinski definition) is 3. The molecule has 0 amide bonds. The largest absolute Gasteiger partial charge is 0.394 e. The summed E-state index contributed by atoms with van der Waals surface area (Å²) < 4.78 is 0. The number of piperidine rings is 1. The van der Waals surface area contributed by atoms with Gasteiger partial charge in [-0.2, -0.15) is 0 Å². The molecule has 1 heterocycles. The van der Waals surface area contributed by atoms with Crippen molar-refractivity contribution in [3.8, 4) is 0 Å². The van der Waals surface area contributed by atoms with Crippen LogP contribution in [0.25, 0.3) is 0 Å². The van der Waals surface area contributed by atoms with Crippen LogP contribution >= 0.6 is 0 Å². The van der Waals surface area contributed by atoms with Gasteiger partial charge in [-0.3, -0.25) is 0 Å². The third kappa shape index (κ3) is 4.57. The van der Waals surface area contributed by atoms with Gasteiger partial charge in [0.1, 0.15) is 0 Å². The summed E-state index contributed by atoms with van der Waals surface area (Å²) in [6.45, 7) is 9.43. The van der Waals surface area contributed by atoms with E-state index in [1.165, 1.54) is 25.9 Å². The fourth-order valence-electron chi connectivity index (χ4n) is 2.74. The predicted molar refractivity (Wildman–Crippen MR) is 73.2 cm³/mol. The highest BCUT2D eigenvalue weighted by molar-refractivity contribution is 4.82. The van der Waals surface area contributed by atoms with E-state index in [9.17, 15) is 5.11 Å². The molecule has 0 aromatic carbocycles. The number of likely N-dealkylation sites (tertiary alicyclic amines) is 1. The fraction of sp³-hybridized carbons (Fsp3) is 1.00. The molecule has 0 radical (unpaired) electrons. The van der Waals surface area contributed by atoms with Gasteiger partial charge in [-0.25, -0.2) is 0 Å². The summed E-state index contributed by atoms with van der Waals surface area (Å²) in [6.07, 6.45) is 4.88. The van der Waals surface area contributed by atoms with E-state index in [2.05, 4.69) is 31.0 Å². The zero-order valence-electron chi connectivity index (χ0n) is 12.0. The second-order valence-corrected chi connectivity index (χ2v) is 6.09. The van der Waals surface area contributed by atoms with Gasteiger partial charge < -0.3 is 15.3 Å². The van der Waals surface area contributed by atoms with Crippen molar-refractivity contribution in [1.29, 1.82) is 0 Å². The summed E-state index contributed by atoms with van der Waals surface area (Å²) in [5.41, 5.74) is -0.105. The normalized spacial score (nSPS) is 30.2. The van der Waals surface area contributed by atoms with E-state index in [1.54, 1.807) is 0 Å². The van der Waals surface area contributed by atoms with Crippen LogP contribution in [0.15, 0.2) is 0 Å². The summed E-state index contributed by atoms with van der Waals surface area (Å²) in [7, 11) is 1.93. The maximum absolute atomic E-state index is 9.33. The Balaban J connectivity index is 2.26. The SMILES string of the molecule is CNC(C)(CO)CCCN1CCC(C)CC1C. The Labute approximate surface area is 107 Å². The third-order valence-electron chi connectivity index (χ3n) is 4.40. The van der Waals surface area contributed by atoms with E-state index in [0.717, 1.165) is 24.8 Å². The zero-order valence-corrected chi connectivity index (χ0v) is 12.0. The summed E-state index contributed by atoms with van der Waals surface area (Å²) in [5, 5.41) is 12.5. The Hall–Kier alpha value is -0.120. The first-order valence-electron chi connectivity index (χ1n) is 7.04. The van der Waals surface area contributed by atoms with Gasteiger partial charge in [-0.1, -0.05) is 6.92 Å². The van der Waals surface area contributed by atoms with Gasteiger partial charge in [0, 0.05) is 11.6 Å². The maximum Gasteiger partial charge on any atom is 0.0610 e. The van der Waals surface area contributed by atoms with E-state index in [0.29, 0.717) is 0 Å². The smallest absolute Gasteiger partial charge is 0.0610 e. The van der Waals surface area contributed by atoms with Gasteiger partial charge in [0.2, 0.25) is 0 Å². The molecule has 3 heteroatoms. The summed E-state index contributed by atoms with van der Waals surface area (Å²) in [4.78, 5) is 2.60. The van der Waals surface area contributed by atoms with Crippen molar-refractivity contribution in [3.05, 3.63) is 0 Å². The van der Waals surface area contributed by atoms with Gasteiger partial charge in [0.15, 0.2) is 0 Å². The van der Waals surface area contributed by atoms with E-state index in [1.807, 2.05) is 7.05 Å². The van der Waals surface area contributed by atoms with Crippen molar-refractivity contribution in [2.24, 2.45) is 5.92 Å². The lowest BCUT2D eigenvalue weighted by molar-refractivity contribution is 0.116. The molecule has 3 unspecified atom stereocenters. The van der Waals surface area contributed by atoms with Crippen molar-refractivity contribution >= 4 is 0 Å². The Bertz CT molecular complexity index is 216. The molecule has 0 aromatic heterocycles. The average Bonchev–Trinajstić information content (AvgIpc) is 2.32. The van der Waals surface area contributed by atoms with Crippen LogP contribution in [0.4, 0.5) is 0 Å². The Kier molecular flexibility index (Phi) is 5.90. The minimum absolute atomic E-state index is 0.105. The van der Waals surface area contributed by atoms with Crippen LogP contribution in [-0.4, -0.2) is 48.3 Å². The quantitative estimate of drug-likeness (QED) is 0.746. The number of nitrogens with one attached hydrogen (secondary N) is 1. The molecular formula is C14H30N2O. The Morgan fingerprint density at radius 2 is 2.12 bits per heavy atom. The standard InChI is InChI=1S/C14H30N2O/c1-12-6-9-16(13(2)10-12)8-5-7-14(3,11-17)15-4/h12-13,15,17H,5-11H2,1-4H3. The predicted octanol–water partition coefficient (Wildman–Crippen LogP) is 1.86. The topological polar surface area (TPSA) is 35.5 Å². The van der Waals surface area contributed by atoms with Crippen molar-refractivity contribution in [2.75, 3.05) is 26.7 Å². The summed E-state index contributed by atoms with van der Waals surface area (Å²) in [5.74, 6) is 0.890. The average molecular weight is 242 g/mol. The molecule has 0 spiro atoms. The monoisotopic (exact) mass is 242 g/mol. The molecule has 0 aliphatic carbocycles. The molecule has 0 bridgehead atoms. The molecule has 1 fully saturated rings. The van der Waals surface area contributed by atoms with Gasteiger partial charge in [-0.15, -0.1) is 0 Å². The minimum Gasteiger partial charge on any atom is -0.394 e. The van der Waals surface area contributed by atoms with Crippen LogP contribution in [-0.2, 0) is 0 Å². The molecule has 1 rings (SSSR count). The van der Waals surface area contributed by atoms with Crippen LogP contribution in [0.3, 0.4) is 0 Å². The van der Waals surface area contributed by atoms with Gasteiger partial charge >= 0.3 is 0 Å². The van der Waals surface area contributed by atoms with Crippen LogP contribution in [0.2, 0.25) is 0 Å². The molecule has 3 atom stereocenters. The number of aliphatic hydroxyl groups excluding tert-OH is 1. The minimum atomic E-state index is -0.105. The van der Waals surface area contributed by atoms with Crippen LogP contribution in [0.1, 0.15) is 46.5 Å². The zero-order chi connectivity index (χ0) is 12.9. The lowest BCUT2D eigenvalue weighted by Crippen LogP contribution is -2.45. The van der Waals surface area contributed by atoms with Crippen molar-refractivity contribution in [1.82, 2.24) is 10.2 Å². The lowest BCUT2D eigenvalue weighted by Gasteiger charge is -2.37. The molecule has 3 nitrogen and oxygen atoms in total. The number of nitrogens with zero attached hydrogens (tertiary/aromatic N) is 1. The van der Waals surface area contributed by atoms with Crippen LogP contribution in [0, 0.1) is 5.92 Å². The van der Waals surface area contributed by atoms with Crippen molar-refractivity contribution in [2.45, 2.75) is 58.0 Å². The Morgan fingerprint density at radius 1 is 1.41 bits per heavy atom. The molecule has 102 valence electrons. The van der Waals surface area contributed by atoms with Gasteiger partial charge in [0.25, 0.3) is 0 Å². The van der Waals surface area contributed by atoms with E-state index >= 15 is 0 Å². The summed E-state index contributed by atoms with van der Waals surface area (Å²) >= 11 is 0. The molecule has 1 aliphatic heterocycles. The third-order valence-corrected chi connectivity index (χ3v) is 4.40. The van der Waals surface area contributed by atoms with E-state index < -0.39 is 0 Å². The molecule has 1 saturated heterocycles. The van der Waals surface area contributed by atoms with E-state index in [-0.39, 0.29) is 12.1 Å². The molecule has 17 heavy (non-hydrogen) atoms.